The number of hydrogen-bond acceptors (Lipinski definition) is 4. The first-order valence-electron chi connectivity index (χ1n) is 9.93. The summed E-state index contributed by atoms with van der Waals surface area (Å²) in [7, 11) is 0. The molecule has 2 heterocycles. The Morgan fingerprint density at radius 2 is 2.04 bits per heavy atom. The average molecular weight is 370 g/mol. The first kappa shape index (κ1) is 17.9. The van der Waals surface area contributed by atoms with Crippen LogP contribution in [-0.2, 0) is 16.1 Å². The lowest BCUT2D eigenvalue weighted by molar-refractivity contribution is -0.134. The normalized spacial score (nSPS) is 21.0. The maximum Gasteiger partial charge on any atom is 0.325 e. The summed E-state index contributed by atoms with van der Waals surface area (Å²) in [5, 5.41) is 2.88. The van der Waals surface area contributed by atoms with Crippen molar-refractivity contribution >= 4 is 17.8 Å². The molecule has 27 heavy (non-hydrogen) atoms. The smallest absolute Gasteiger partial charge is 0.325 e. The van der Waals surface area contributed by atoms with Gasteiger partial charge in [-0.3, -0.25) is 19.5 Å². The number of amides is 4. The van der Waals surface area contributed by atoms with Crippen molar-refractivity contribution in [2.75, 3.05) is 6.54 Å². The van der Waals surface area contributed by atoms with E-state index >= 15 is 0 Å². The Kier molecular flexibility index (Phi) is 4.85. The number of nitrogens with zero attached hydrogens (tertiary/aromatic N) is 3. The highest BCUT2D eigenvalue weighted by atomic mass is 16.2. The summed E-state index contributed by atoms with van der Waals surface area (Å²) in [6.07, 6.45) is 8.06. The van der Waals surface area contributed by atoms with Crippen LogP contribution in [0.15, 0.2) is 24.4 Å². The monoisotopic (exact) mass is 370 g/mol. The highest BCUT2D eigenvalue weighted by molar-refractivity contribution is 6.07. The minimum atomic E-state index is -0.667. The van der Waals surface area contributed by atoms with E-state index in [0.717, 1.165) is 44.2 Å². The van der Waals surface area contributed by atoms with E-state index < -0.39 is 5.54 Å². The van der Waals surface area contributed by atoms with Gasteiger partial charge in [0, 0.05) is 25.2 Å². The molecule has 4 rings (SSSR count). The van der Waals surface area contributed by atoms with Gasteiger partial charge in [-0.2, -0.15) is 0 Å². The molecule has 1 saturated heterocycles. The van der Waals surface area contributed by atoms with E-state index in [1.54, 1.807) is 6.20 Å². The number of pyridine rings is 1. The summed E-state index contributed by atoms with van der Waals surface area (Å²) in [6, 6.07) is 5.72. The maximum absolute atomic E-state index is 12.7. The van der Waals surface area contributed by atoms with Gasteiger partial charge in [0.05, 0.1) is 12.2 Å². The fraction of sp³-hybridized carbons (Fsp3) is 0.600. The average Bonchev–Trinajstić information content (AvgIpc) is 3.36. The molecule has 1 N–H and O–H groups in total. The quantitative estimate of drug-likeness (QED) is 0.746. The third kappa shape index (κ3) is 3.68. The molecule has 7 heteroatoms. The number of aromatic nitrogens is 1. The molecule has 7 nitrogen and oxygen atoms in total. The fourth-order valence-corrected chi connectivity index (χ4v) is 4.20. The summed E-state index contributed by atoms with van der Waals surface area (Å²) in [6.45, 7) is 0.830. The Morgan fingerprint density at radius 1 is 1.26 bits per heavy atom. The van der Waals surface area contributed by atoms with Crippen molar-refractivity contribution < 1.29 is 14.4 Å². The molecule has 1 spiro atoms. The molecule has 4 amide bonds. The fourth-order valence-electron chi connectivity index (χ4n) is 4.20. The number of urea groups is 1. The van der Waals surface area contributed by atoms with E-state index in [1.165, 1.54) is 4.90 Å². The van der Waals surface area contributed by atoms with Crippen LogP contribution in [0, 0.1) is 0 Å². The van der Waals surface area contributed by atoms with Gasteiger partial charge in [0.2, 0.25) is 5.91 Å². The molecule has 2 aliphatic carbocycles. The zero-order valence-corrected chi connectivity index (χ0v) is 15.5. The molecule has 1 aromatic heterocycles. The Bertz CT molecular complexity index is 726. The van der Waals surface area contributed by atoms with Crippen molar-refractivity contribution in [1.29, 1.82) is 0 Å². The summed E-state index contributed by atoms with van der Waals surface area (Å²) >= 11 is 0. The second-order valence-electron chi connectivity index (χ2n) is 7.85. The van der Waals surface area contributed by atoms with Crippen molar-refractivity contribution in [3.05, 3.63) is 30.1 Å². The van der Waals surface area contributed by atoms with Crippen LogP contribution < -0.4 is 5.32 Å². The SMILES string of the molecule is O=C1NC2(CCCC2)C(=O)N1CCCC(=O)N(Cc1ccccn1)C1CC1. The number of hydrogen-bond donors (Lipinski definition) is 1. The minimum absolute atomic E-state index is 0.0748. The van der Waals surface area contributed by atoms with E-state index in [4.69, 9.17) is 0 Å². The second kappa shape index (κ2) is 7.29. The van der Waals surface area contributed by atoms with Gasteiger partial charge in [-0.15, -0.1) is 0 Å². The van der Waals surface area contributed by atoms with Crippen molar-refractivity contribution in [3.63, 3.8) is 0 Å². The van der Waals surface area contributed by atoms with Gasteiger partial charge in [-0.05, 0) is 44.2 Å². The molecule has 0 bridgehead atoms. The summed E-state index contributed by atoms with van der Waals surface area (Å²) in [5.41, 5.74) is 0.218. The van der Waals surface area contributed by atoms with Gasteiger partial charge >= 0.3 is 6.03 Å². The van der Waals surface area contributed by atoms with Crippen molar-refractivity contribution in [2.24, 2.45) is 0 Å². The van der Waals surface area contributed by atoms with Crippen LogP contribution >= 0.6 is 0 Å². The molecule has 1 aromatic rings. The van der Waals surface area contributed by atoms with E-state index in [0.29, 0.717) is 32.0 Å². The zero-order valence-electron chi connectivity index (χ0n) is 15.5. The highest BCUT2D eigenvalue weighted by Gasteiger charge is 2.52. The first-order valence-corrected chi connectivity index (χ1v) is 9.93. The summed E-state index contributed by atoms with van der Waals surface area (Å²) < 4.78 is 0. The molecular weight excluding hydrogens is 344 g/mol. The molecule has 0 atom stereocenters. The number of carbonyl (C=O) groups excluding carboxylic acids is 3. The lowest BCUT2D eigenvalue weighted by atomic mass is 9.98. The topological polar surface area (TPSA) is 82.6 Å². The van der Waals surface area contributed by atoms with Crippen LogP contribution in [0.4, 0.5) is 4.79 Å². The molecule has 2 saturated carbocycles. The molecule has 144 valence electrons. The predicted molar refractivity (Wildman–Crippen MR) is 98.5 cm³/mol. The minimum Gasteiger partial charge on any atom is -0.334 e. The predicted octanol–water partition coefficient (Wildman–Crippen LogP) is 2.22. The molecule has 3 aliphatic rings. The van der Waals surface area contributed by atoms with E-state index in [9.17, 15) is 14.4 Å². The van der Waals surface area contributed by atoms with Gasteiger partial charge in [0.15, 0.2) is 0 Å². The molecule has 0 unspecified atom stereocenters. The summed E-state index contributed by atoms with van der Waals surface area (Å²) in [4.78, 5) is 45.1. The highest BCUT2D eigenvalue weighted by Crippen LogP contribution is 2.35. The van der Waals surface area contributed by atoms with Gasteiger partial charge < -0.3 is 10.2 Å². The summed E-state index contributed by atoms with van der Waals surface area (Å²) in [5.74, 6) is -0.0317. The molecule has 0 radical (unpaired) electrons. The van der Waals surface area contributed by atoms with E-state index in [1.807, 2.05) is 23.1 Å². The van der Waals surface area contributed by atoms with Crippen LogP contribution in [0.2, 0.25) is 0 Å². The van der Waals surface area contributed by atoms with Crippen LogP contribution in [0.25, 0.3) is 0 Å². The zero-order chi connectivity index (χ0) is 18.9. The van der Waals surface area contributed by atoms with Crippen molar-refractivity contribution in [3.8, 4) is 0 Å². The first-order chi connectivity index (χ1) is 13.1. The standard InChI is InChI=1S/C20H26N4O3/c25-17(24(16-8-9-16)14-15-6-1-4-12-21-15)7-5-13-23-18(26)20(22-19(23)27)10-2-3-11-20/h1,4,6,12,16H,2-3,5,7-11,13-14H2,(H,22,27). The molecular formula is C20H26N4O3. The van der Waals surface area contributed by atoms with E-state index in [2.05, 4.69) is 10.3 Å². The van der Waals surface area contributed by atoms with Crippen LogP contribution in [0.5, 0.6) is 0 Å². The molecule has 0 aromatic carbocycles. The Labute approximate surface area is 159 Å². The van der Waals surface area contributed by atoms with Gasteiger partial charge in [-0.25, -0.2) is 4.79 Å². The lowest BCUT2D eigenvalue weighted by Gasteiger charge is -2.23. The van der Waals surface area contributed by atoms with Gasteiger partial charge in [0.25, 0.3) is 5.91 Å². The third-order valence-electron chi connectivity index (χ3n) is 5.84. The Hall–Kier alpha value is -2.44. The second-order valence-corrected chi connectivity index (χ2v) is 7.85. The lowest BCUT2D eigenvalue weighted by Crippen LogP contribution is -2.44. The molecule has 3 fully saturated rings. The van der Waals surface area contributed by atoms with E-state index in [-0.39, 0.29) is 17.8 Å². The van der Waals surface area contributed by atoms with Gasteiger partial charge in [0.1, 0.15) is 5.54 Å². The van der Waals surface area contributed by atoms with Crippen molar-refractivity contribution in [2.45, 2.75) is 69.5 Å². The van der Waals surface area contributed by atoms with Gasteiger partial charge in [-0.1, -0.05) is 18.9 Å². The number of carbonyl (C=O) groups is 3. The maximum atomic E-state index is 12.7. The van der Waals surface area contributed by atoms with Crippen LogP contribution in [0.3, 0.4) is 0 Å². The van der Waals surface area contributed by atoms with Crippen LogP contribution in [-0.4, -0.2) is 50.8 Å². The number of rotatable bonds is 7. The Morgan fingerprint density at radius 3 is 2.70 bits per heavy atom. The van der Waals surface area contributed by atoms with Crippen LogP contribution in [0.1, 0.15) is 57.1 Å². The number of nitrogens with one attached hydrogen (secondary N) is 1. The largest absolute Gasteiger partial charge is 0.334 e. The Balaban J connectivity index is 1.31. The third-order valence-corrected chi connectivity index (χ3v) is 5.84. The molecule has 1 aliphatic heterocycles. The van der Waals surface area contributed by atoms with Crippen molar-refractivity contribution in [1.82, 2.24) is 20.1 Å². The number of imide groups is 1.